The van der Waals surface area contributed by atoms with E-state index in [-0.39, 0.29) is 12.0 Å². The molecule has 1 amide bonds. The van der Waals surface area contributed by atoms with Crippen molar-refractivity contribution >= 4 is 22.8 Å². The van der Waals surface area contributed by atoms with Gasteiger partial charge in [-0.3, -0.25) is 14.8 Å². The summed E-state index contributed by atoms with van der Waals surface area (Å²) in [5, 5.41) is 8.07. The van der Waals surface area contributed by atoms with Gasteiger partial charge in [0.25, 0.3) is 0 Å². The highest BCUT2D eigenvalue weighted by atomic mass is 16.2. The van der Waals surface area contributed by atoms with Crippen LogP contribution in [0.2, 0.25) is 0 Å². The van der Waals surface area contributed by atoms with Gasteiger partial charge in [0, 0.05) is 49.7 Å². The van der Waals surface area contributed by atoms with Gasteiger partial charge in [0.2, 0.25) is 5.91 Å². The summed E-state index contributed by atoms with van der Waals surface area (Å²) in [4.78, 5) is 24.1. The molecule has 2 N–H and O–H groups in total. The van der Waals surface area contributed by atoms with Crippen molar-refractivity contribution in [1.29, 1.82) is 0 Å². The number of rotatable bonds is 6. The third-order valence-electron chi connectivity index (χ3n) is 6.26. The highest BCUT2D eigenvalue weighted by Gasteiger charge is 2.32. The maximum atomic E-state index is 12.7. The number of carbonyl (C=O) groups excluding carboxylic acids is 1. The van der Waals surface area contributed by atoms with Crippen LogP contribution in [0.25, 0.3) is 10.9 Å². The Morgan fingerprint density at radius 3 is 2.87 bits per heavy atom. The molecule has 1 aromatic heterocycles. The molecule has 6 heteroatoms. The Labute approximate surface area is 179 Å². The molecule has 30 heavy (non-hydrogen) atoms. The van der Waals surface area contributed by atoms with E-state index >= 15 is 0 Å². The number of amides is 1. The largest absolute Gasteiger partial charge is 0.357 e. The summed E-state index contributed by atoms with van der Waals surface area (Å²) in [5.74, 6) is 1.47. The zero-order valence-corrected chi connectivity index (χ0v) is 17.9. The van der Waals surface area contributed by atoms with Gasteiger partial charge < -0.3 is 15.5 Å². The zero-order chi connectivity index (χ0) is 20.8. The van der Waals surface area contributed by atoms with Crippen LogP contribution in [0.4, 0.5) is 0 Å². The Bertz CT molecular complexity index is 885. The maximum absolute atomic E-state index is 12.7. The van der Waals surface area contributed by atoms with Crippen molar-refractivity contribution in [2.75, 3.05) is 26.2 Å². The minimum absolute atomic E-state index is 0.264. The first-order chi connectivity index (χ1) is 14.7. The van der Waals surface area contributed by atoms with E-state index in [9.17, 15) is 4.79 Å². The van der Waals surface area contributed by atoms with Crippen molar-refractivity contribution in [2.45, 2.75) is 51.5 Å². The molecule has 1 unspecified atom stereocenters. The highest BCUT2D eigenvalue weighted by molar-refractivity contribution is 5.82. The second-order valence-electron chi connectivity index (χ2n) is 8.40. The number of hydrogen-bond acceptors (Lipinski definition) is 3. The van der Waals surface area contributed by atoms with Crippen molar-refractivity contribution in [3.05, 3.63) is 42.1 Å². The first-order valence-electron chi connectivity index (χ1n) is 11.4. The molecule has 0 radical (unpaired) electrons. The lowest BCUT2D eigenvalue weighted by atomic mass is 10.1. The molecule has 160 valence electrons. The second-order valence-corrected chi connectivity index (χ2v) is 8.40. The molecule has 2 aromatic rings. The van der Waals surface area contributed by atoms with Crippen LogP contribution in [0.1, 0.15) is 44.6 Å². The summed E-state index contributed by atoms with van der Waals surface area (Å²) < 4.78 is 0. The fraction of sp³-hybridized carbons (Fsp3) is 0.542. The van der Waals surface area contributed by atoms with Gasteiger partial charge in [-0.1, -0.05) is 37.1 Å². The number of likely N-dealkylation sites (tertiary alicyclic amines) is 1. The number of carbonyl (C=O) groups is 1. The Kier molecular flexibility index (Phi) is 6.82. The number of hydrogen-bond donors (Lipinski definition) is 2. The number of aromatic nitrogens is 1. The summed E-state index contributed by atoms with van der Waals surface area (Å²) in [5.41, 5.74) is 2.28. The molecule has 1 aliphatic heterocycles. The topological polar surface area (TPSA) is 69.6 Å². The molecule has 1 atom stereocenters. The van der Waals surface area contributed by atoms with Gasteiger partial charge in [0.15, 0.2) is 5.96 Å². The van der Waals surface area contributed by atoms with Gasteiger partial charge in [0.05, 0.1) is 5.52 Å². The molecule has 2 heterocycles. The van der Waals surface area contributed by atoms with Crippen molar-refractivity contribution in [2.24, 2.45) is 10.9 Å². The minimum atomic E-state index is 0.264. The molecule has 6 nitrogen and oxygen atoms in total. The molecule has 0 bridgehead atoms. The molecule has 1 aromatic carbocycles. The van der Waals surface area contributed by atoms with Crippen molar-refractivity contribution in [3.8, 4) is 0 Å². The van der Waals surface area contributed by atoms with Crippen LogP contribution in [0.3, 0.4) is 0 Å². The van der Waals surface area contributed by atoms with E-state index in [1.807, 2.05) is 12.3 Å². The van der Waals surface area contributed by atoms with Gasteiger partial charge >= 0.3 is 0 Å². The van der Waals surface area contributed by atoms with Gasteiger partial charge in [0.1, 0.15) is 0 Å². The number of para-hydroxylation sites is 1. The van der Waals surface area contributed by atoms with Crippen LogP contribution in [0, 0.1) is 5.92 Å². The Hall–Kier alpha value is -2.63. The molecule has 4 rings (SSSR count). The zero-order valence-electron chi connectivity index (χ0n) is 17.9. The predicted octanol–water partition coefficient (Wildman–Crippen LogP) is 3.12. The van der Waals surface area contributed by atoms with Gasteiger partial charge in [-0.15, -0.1) is 0 Å². The number of guanidine groups is 1. The Morgan fingerprint density at radius 2 is 2.03 bits per heavy atom. The lowest BCUT2D eigenvalue weighted by Gasteiger charge is -2.21. The number of benzene rings is 1. The fourth-order valence-electron chi connectivity index (χ4n) is 4.68. The standard InChI is InChI=1S/C24H33N5O/c1-2-25-24(27-15-12-19-10-5-9-18-11-6-14-26-22(18)19)28-21-13-16-29(17-21)23(30)20-7-3-4-8-20/h5-6,9-11,14,20-21H,2-4,7-8,12-13,15-17H2,1H3,(H2,25,27,28). The smallest absolute Gasteiger partial charge is 0.225 e. The number of aliphatic imine (C=N–C) groups is 1. The molecule has 2 aliphatic rings. The van der Waals surface area contributed by atoms with Gasteiger partial charge in [-0.05, 0) is 44.2 Å². The molecular formula is C24H33N5O. The highest BCUT2D eigenvalue weighted by Crippen LogP contribution is 2.27. The Balaban J connectivity index is 1.33. The lowest BCUT2D eigenvalue weighted by Crippen LogP contribution is -2.45. The van der Waals surface area contributed by atoms with Crippen molar-refractivity contribution < 1.29 is 4.79 Å². The van der Waals surface area contributed by atoms with Gasteiger partial charge in [-0.2, -0.15) is 0 Å². The van der Waals surface area contributed by atoms with E-state index in [1.54, 1.807) is 0 Å². The number of pyridine rings is 1. The average molecular weight is 408 g/mol. The van der Waals surface area contributed by atoms with Crippen LogP contribution in [0.15, 0.2) is 41.5 Å². The van der Waals surface area contributed by atoms with E-state index in [1.165, 1.54) is 23.8 Å². The number of nitrogens with one attached hydrogen (secondary N) is 2. The molecule has 1 aliphatic carbocycles. The summed E-state index contributed by atoms with van der Waals surface area (Å²) >= 11 is 0. The first kappa shape index (κ1) is 20.6. The second kappa shape index (κ2) is 9.92. The average Bonchev–Trinajstić information content (AvgIpc) is 3.46. The summed E-state index contributed by atoms with van der Waals surface area (Å²) in [6.07, 6.45) is 8.23. The third kappa shape index (κ3) is 4.91. The van der Waals surface area contributed by atoms with Crippen LogP contribution in [-0.2, 0) is 11.2 Å². The number of fused-ring (bicyclic) bond motifs is 1. The Morgan fingerprint density at radius 1 is 1.20 bits per heavy atom. The van der Waals surface area contributed by atoms with E-state index in [4.69, 9.17) is 4.99 Å². The van der Waals surface area contributed by atoms with Crippen LogP contribution < -0.4 is 10.6 Å². The predicted molar refractivity (Wildman–Crippen MR) is 122 cm³/mol. The lowest BCUT2D eigenvalue weighted by molar-refractivity contribution is -0.134. The SMILES string of the molecule is CCNC(=NCCc1cccc2cccnc12)NC1CCN(C(=O)C2CCCC2)C1. The monoisotopic (exact) mass is 407 g/mol. The summed E-state index contributed by atoms with van der Waals surface area (Å²) in [7, 11) is 0. The van der Waals surface area contributed by atoms with Crippen LogP contribution in [-0.4, -0.2) is 54.0 Å². The quantitative estimate of drug-likeness (QED) is 0.570. The fourth-order valence-corrected chi connectivity index (χ4v) is 4.68. The van der Waals surface area contributed by atoms with E-state index < -0.39 is 0 Å². The molecular weight excluding hydrogens is 374 g/mol. The van der Waals surface area contributed by atoms with E-state index in [0.29, 0.717) is 12.5 Å². The van der Waals surface area contributed by atoms with Crippen LogP contribution >= 0.6 is 0 Å². The molecule has 1 saturated carbocycles. The molecule has 2 fully saturated rings. The van der Waals surface area contributed by atoms with Crippen LogP contribution in [0.5, 0.6) is 0 Å². The van der Waals surface area contributed by atoms with Crippen molar-refractivity contribution in [3.63, 3.8) is 0 Å². The molecule has 0 spiro atoms. The van der Waals surface area contributed by atoms with E-state index in [2.05, 4.69) is 51.7 Å². The van der Waals surface area contributed by atoms with E-state index in [0.717, 1.165) is 56.8 Å². The van der Waals surface area contributed by atoms with Gasteiger partial charge in [-0.25, -0.2) is 0 Å². The minimum Gasteiger partial charge on any atom is -0.357 e. The molecule has 1 saturated heterocycles. The normalized spacial score (nSPS) is 20.1. The third-order valence-corrected chi connectivity index (χ3v) is 6.26. The summed E-state index contributed by atoms with van der Waals surface area (Å²) in [6, 6.07) is 10.7. The first-order valence-corrected chi connectivity index (χ1v) is 11.4. The summed E-state index contributed by atoms with van der Waals surface area (Å²) in [6.45, 7) is 5.24. The maximum Gasteiger partial charge on any atom is 0.225 e. The number of nitrogens with zero attached hydrogens (tertiary/aromatic N) is 3. The van der Waals surface area contributed by atoms with Crippen molar-refractivity contribution in [1.82, 2.24) is 20.5 Å².